The van der Waals surface area contributed by atoms with Crippen molar-refractivity contribution in [2.45, 2.75) is 13.0 Å². The predicted octanol–water partition coefficient (Wildman–Crippen LogP) is 1.82. The standard InChI is InChI=1S/C12H16ClN3O3/c1-15(2)12(17)5-6-14-8-9-7-10(16(18)19)3-4-11(9)13/h3-4,7,14H,5-6,8H2,1-2H3. The number of nitrogens with zero attached hydrogens (tertiary/aromatic N) is 2. The number of rotatable bonds is 6. The fourth-order valence-corrected chi connectivity index (χ4v) is 1.64. The molecule has 0 bridgehead atoms. The van der Waals surface area contributed by atoms with Gasteiger partial charge >= 0.3 is 0 Å². The summed E-state index contributed by atoms with van der Waals surface area (Å²) in [6, 6.07) is 4.30. The second-order valence-electron chi connectivity index (χ2n) is 4.25. The molecule has 0 heterocycles. The molecule has 0 fully saturated rings. The Labute approximate surface area is 116 Å². The molecule has 0 aliphatic carbocycles. The lowest BCUT2D eigenvalue weighted by molar-refractivity contribution is -0.384. The Balaban J connectivity index is 2.51. The first kappa shape index (κ1) is 15.4. The number of halogens is 1. The highest BCUT2D eigenvalue weighted by atomic mass is 35.5. The molecule has 1 amide bonds. The van der Waals surface area contributed by atoms with E-state index in [4.69, 9.17) is 11.6 Å². The van der Waals surface area contributed by atoms with Gasteiger partial charge in [0.2, 0.25) is 5.91 Å². The smallest absolute Gasteiger partial charge is 0.269 e. The van der Waals surface area contributed by atoms with Crippen molar-refractivity contribution in [1.82, 2.24) is 10.2 Å². The van der Waals surface area contributed by atoms with Gasteiger partial charge < -0.3 is 10.2 Å². The first-order valence-corrected chi connectivity index (χ1v) is 6.13. The summed E-state index contributed by atoms with van der Waals surface area (Å²) < 4.78 is 0. The Bertz CT molecular complexity index is 477. The fourth-order valence-electron chi connectivity index (χ4n) is 1.45. The third-order valence-corrected chi connectivity index (χ3v) is 2.94. The topological polar surface area (TPSA) is 75.5 Å². The van der Waals surface area contributed by atoms with E-state index in [0.717, 1.165) is 0 Å². The number of benzene rings is 1. The normalized spacial score (nSPS) is 10.3. The third kappa shape index (κ3) is 4.84. The summed E-state index contributed by atoms with van der Waals surface area (Å²) in [6.07, 6.45) is 0.375. The van der Waals surface area contributed by atoms with Crippen molar-refractivity contribution in [3.05, 3.63) is 38.9 Å². The Hall–Kier alpha value is -1.66. The van der Waals surface area contributed by atoms with Crippen LogP contribution in [0.1, 0.15) is 12.0 Å². The zero-order valence-corrected chi connectivity index (χ0v) is 11.6. The van der Waals surface area contributed by atoms with Crippen molar-refractivity contribution in [1.29, 1.82) is 0 Å². The second kappa shape index (κ2) is 7.06. The van der Waals surface area contributed by atoms with Gasteiger partial charge in [0.15, 0.2) is 0 Å². The molecular formula is C12H16ClN3O3. The lowest BCUT2D eigenvalue weighted by Gasteiger charge is -2.10. The molecule has 0 saturated carbocycles. The summed E-state index contributed by atoms with van der Waals surface area (Å²) in [5.41, 5.74) is 0.652. The Morgan fingerprint density at radius 1 is 1.47 bits per heavy atom. The molecule has 0 spiro atoms. The summed E-state index contributed by atoms with van der Waals surface area (Å²) in [7, 11) is 3.39. The average Bonchev–Trinajstić information content (AvgIpc) is 2.35. The van der Waals surface area contributed by atoms with Crippen LogP contribution in [0.15, 0.2) is 18.2 Å². The Morgan fingerprint density at radius 2 is 2.16 bits per heavy atom. The first-order valence-electron chi connectivity index (χ1n) is 5.75. The van der Waals surface area contributed by atoms with Crippen LogP contribution in [0, 0.1) is 10.1 Å². The molecule has 0 aromatic heterocycles. The predicted molar refractivity (Wildman–Crippen MR) is 73.1 cm³/mol. The Morgan fingerprint density at radius 3 is 2.74 bits per heavy atom. The van der Waals surface area contributed by atoms with Gasteiger partial charge in [0, 0.05) is 50.8 Å². The molecule has 1 aromatic rings. The van der Waals surface area contributed by atoms with Crippen LogP contribution in [0.3, 0.4) is 0 Å². The average molecular weight is 286 g/mol. The maximum Gasteiger partial charge on any atom is 0.269 e. The van der Waals surface area contributed by atoms with E-state index in [1.807, 2.05) is 0 Å². The number of hydrogen-bond donors (Lipinski definition) is 1. The third-order valence-electron chi connectivity index (χ3n) is 2.57. The summed E-state index contributed by atoms with van der Waals surface area (Å²) in [5, 5.41) is 14.2. The van der Waals surface area contributed by atoms with Crippen LogP contribution in [0.2, 0.25) is 5.02 Å². The summed E-state index contributed by atoms with van der Waals surface area (Å²) in [5.74, 6) is 0.0256. The van der Waals surface area contributed by atoms with Crippen molar-refractivity contribution >= 4 is 23.2 Å². The van der Waals surface area contributed by atoms with Gasteiger partial charge in [0.1, 0.15) is 0 Å². The zero-order valence-electron chi connectivity index (χ0n) is 10.9. The van der Waals surface area contributed by atoms with Crippen LogP contribution in [-0.4, -0.2) is 36.4 Å². The summed E-state index contributed by atoms with van der Waals surface area (Å²) in [6.45, 7) is 0.886. The second-order valence-corrected chi connectivity index (χ2v) is 4.65. The van der Waals surface area contributed by atoms with E-state index in [2.05, 4.69) is 5.32 Å². The number of nitro benzene ring substituents is 1. The van der Waals surface area contributed by atoms with E-state index in [0.29, 0.717) is 30.1 Å². The molecule has 0 aliphatic heterocycles. The highest BCUT2D eigenvalue weighted by Gasteiger charge is 2.09. The summed E-state index contributed by atoms with van der Waals surface area (Å²) in [4.78, 5) is 23.0. The molecule has 0 saturated heterocycles. The van der Waals surface area contributed by atoms with Crippen molar-refractivity contribution in [3.63, 3.8) is 0 Å². The monoisotopic (exact) mass is 285 g/mol. The van der Waals surface area contributed by atoms with E-state index in [1.54, 1.807) is 14.1 Å². The van der Waals surface area contributed by atoms with Gasteiger partial charge in [-0.1, -0.05) is 11.6 Å². The maximum atomic E-state index is 11.3. The van der Waals surface area contributed by atoms with E-state index in [9.17, 15) is 14.9 Å². The fraction of sp³-hybridized carbons (Fsp3) is 0.417. The molecule has 1 N–H and O–H groups in total. The molecule has 6 nitrogen and oxygen atoms in total. The minimum Gasteiger partial charge on any atom is -0.349 e. The van der Waals surface area contributed by atoms with Gasteiger partial charge in [0.05, 0.1) is 4.92 Å². The minimum absolute atomic E-state index is 0.00516. The number of nitro groups is 1. The molecule has 1 aromatic carbocycles. The van der Waals surface area contributed by atoms with Crippen LogP contribution >= 0.6 is 11.6 Å². The number of carbonyl (C=O) groups is 1. The molecule has 0 unspecified atom stereocenters. The van der Waals surface area contributed by atoms with Gasteiger partial charge in [-0.25, -0.2) is 0 Å². The van der Waals surface area contributed by atoms with Gasteiger partial charge in [-0.15, -0.1) is 0 Å². The molecule has 0 aliphatic rings. The largest absolute Gasteiger partial charge is 0.349 e. The highest BCUT2D eigenvalue weighted by Crippen LogP contribution is 2.21. The van der Waals surface area contributed by atoms with E-state index in [1.165, 1.54) is 23.1 Å². The SMILES string of the molecule is CN(C)C(=O)CCNCc1cc([N+](=O)[O-])ccc1Cl. The number of nitrogens with one attached hydrogen (secondary N) is 1. The lowest BCUT2D eigenvalue weighted by Crippen LogP contribution is -2.26. The van der Waals surface area contributed by atoms with Gasteiger partial charge in [-0.2, -0.15) is 0 Å². The zero-order chi connectivity index (χ0) is 14.4. The van der Waals surface area contributed by atoms with Crippen molar-refractivity contribution < 1.29 is 9.72 Å². The van der Waals surface area contributed by atoms with Crippen LogP contribution in [0.25, 0.3) is 0 Å². The summed E-state index contributed by atoms with van der Waals surface area (Å²) >= 11 is 5.96. The van der Waals surface area contributed by atoms with Crippen LogP contribution < -0.4 is 5.32 Å². The molecule has 19 heavy (non-hydrogen) atoms. The molecule has 104 valence electrons. The van der Waals surface area contributed by atoms with E-state index >= 15 is 0 Å². The van der Waals surface area contributed by atoms with E-state index < -0.39 is 4.92 Å². The first-order chi connectivity index (χ1) is 8.91. The quantitative estimate of drug-likeness (QED) is 0.491. The lowest BCUT2D eigenvalue weighted by atomic mass is 10.2. The van der Waals surface area contributed by atoms with Crippen LogP contribution in [-0.2, 0) is 11.3 Å². The molecule has 7 heteroatoms. The number of amides is 1. The molecule has 0 radical (unpaired) electrons. The molecular weight excluding hydrogens is 270 g/mol. The van der Waals surface area contributed by atoms with Gasteiger partial charge in [-0.3, -0.25) is 14.9 Å². The highest BCUT2D eigenvalue weighted by molar-refractivity contribution is 6.31. The van der Waals surface area contributed by atoms with Crippen LogP contribution in [0.5, 0.6) is 0 Å². The van der Waals surface area contributed by atoms with Crippen molar-refractivity contribution in [2.75, 3.05) is 20.6 Å². The molecule has 1 rings (SSSR count). The van der Waals surface area contributed by atoms with Crippen molar-refractivity contribution in [3.8, 4) is 0 Å². The van der Waals surface area contributed by atoms with Crippen molar-refractivity contribution in [2.24, 2.45) is 0 Å². The number of non-ortho nitro benzene ring substituents is 1. The Kier molecular flexibility index (Phi) is 5.72. The van der Waals surface area contributed by atoms with E-state index in [-0.39, 0.29) is 11.6 Å². The van der Waals surface area contributed by atoms with Crippen LogP contribution in [0.4, 0.5) is 5.69 Å². The number of carbonyl (C=O) groups excluding carboxylic acids is 1. The minimum atomic E-state index is -0.463. The van der Waals surface area contributed by atoms with Gasteiger partial charge in [-0.05, 0) is 11.6 Å². The number of hydrogen-bond acceptors (Lipinski definition) is 4. The maximum absolute atomic E-state index is 11.3. The van der Waals surface area contributed by atoms with Gasteiger partial charge in [0.25, 0.3) is 5.69 Å². The molecule has 0 atom stereocenters.